The SMILES string of the molecule is CN/C(Oc1ccc(Cl)c(Cl)c1)=C(\C(=N)C(F)F)C(=O)N[C@@H](C)c1ccc(C(=O)O)cc1. The number of carboxylic acids is 1. The fraction of sp³-hybridized carbons (Fsp3) is 0.190. The number of nitrogens with one attached hydrogen (secondary N) is 3. The zero-order valence-corrected chi connectivity index (χ0v) is 18.4. The van der Waals surface area contributed by atoms with E-state index < -0.39 is 35.6 Å². The van der Waals surface area contributed by atoms with E-state index in [9.17, 15) is 18.4 Å². The Labute approximate surface area is 192 Å². The summed E-state index contributed by atoms with van der Waals surface area (Å²) in [5, 5.41) is 22.1. The first-order valence-corrected chi connectivity index (χ1v) is 9.86. The highest BCUT2D eigenvalue weighted by Crippen LogP contribution is 2.28. The number of carbonyl (C=O) groups is 2. The summed E-state index contributed by atoms with van der Waals surface area (Å²) in [7, 11) is 1.34. The lowest BCUT2D eigenvalue weighted by molar-refractivity contribution is -0.117. The van der Waals surface area contributed by atoms with Crippen LogP contribution in [-0.4, -0.2) is 36.2 Å². The average Bonchev–Trinajstić information content (AvgIpc) is 2.75. The van der Waals surface area contributed by atoms with E-state index in [2.05, 4.69) is 10.6 Å². The van der Waals surface area contributed by atoms with Gasteiger partial charge in [-0.1, -0.05) is 35.3 Å². The van der Waals surface area contributed by atoms with E-state index in [1.54, 1.807) is 6.92 Å². The van der Waals surface area contributed by atoms with Crippen LogP contribution in [0.25, 0.3) is 0 Å². The van der Waals surface area contributed by atoms with Gasteiger partial charge >= 0.3 is 5.97 Å². The van der Waals surface area contributed by atoms with Crippen LogP contribution >= 0.6 is 23.2 Å². The topological polar surface area (TPSA) is 112 Å². The van der Waals surface area contributed by atoms with Gasteiger partial charge in [-0.25, -0.2) is 13.6 Å². The molecule has 4 N–H and O–H groups in total. The predicted octanol–water partition coefficient (Wildman–Crippen LogP) is 4.66. The molecule has 2 aromatic carbocycles. The Morgan fingerprint density at radius 2 is 1.72 bits per heavy atom. The Morgan fingerprint density at radius 1 is 1.09 bits per heavy atom. The number of amides is 1. The third kappa shape index (κ3) is 6.18. The van der Waals surface area contributed by atoms with E-state index in [0.29, 0.717) is 5.56 Å². The van der Waals surface area contributed by atoms with Crippen LogP contribution in [0.2, 0.25) is 10.0 Å². The molecule has 0 saturated heterocycles. The van der Waals surface area contributed by atoms with Crippen molar-refractivity contribution in [3.8, 4) is 5.75 Å². The number of carboxylic acid groups (broad SMARTS) is 1. The third-order valence-electron chi connectivity index (χ3n) is 4.28. The molecule has 0 unspecified atom stereocenters. The Kier molecular flexibility index (Phi) is 8.56. The van der Waals surface area contributed by atoms with Gasteiger partial charge in [0.2, 0.25) is 5.88 Å². The van der Waals surface area contributed by atoms with Gasteiger partial charge in [0.15, 0.2) is 0 Å². The van der Waals surface area contributed by atoms with Crippen LogP contribution in [0.4, 0.5) is 8.78 Å². The number of aromatic carboxylic acids is 1. The standard InChI is InChI=1S/C21H19Cl2F2N3O4/c1-10(11-3-5-12(6-4-11)21(30)31)28-19(29)16(17(26)18(24)25)20(27-2)32-13-7-8-14(22)15(23)9-13/h3-10,18,26-27H,1-2H3,(H,28,29)(H,30,31)/b20-16-,26-17?/t10-/m0/s1. The third-order valence-corrected chi connectivity index (χ3v) is 5.02. The van der Waals surface area contributed by atoms with Crippen molar-refractivity contribution in [2.75, 3.05) is 7.05 Å². The van der Waals surface area contributed by atoms with Crippen molar-refractivity contribution in [3.05, 3.63) is 75.1 Å². The van der Waals surface area contributed by atoms with Crippen LogP contribution in [0.3, 0.4) is 0 Å². The molecular weight excluding hydrogens is 467 g/mol. The van der Waals surface area contributed by atoms with Gasteiger partial charge in [-0.2, -0.15) is 0 Å². The second-order valence-corrected chi connectivity index (χ2v) is 7.28. The summed E-state index contributed by atoms with van der Waals surface area (Å²) in [6.07, 6.45) is -3.25. The van der Waals surface area contributed by atoms with Crippen LogP contribution in [0, 0.1) is 5.41 Å². The minimum Gasteiger partial charge on any atom is -0.478 e. The highest BCUT2D eigenvalue weighted by Gasteiger charge is 2.29. The maximum Gasteiger partial charge on any atom is 0.335 e. The number of hydrogen-bond acceptors (Lipinski definition) is 5. The first kappa shape index (κ1) is 25.1. The number of alkyl halides is 2. The quantitative estimate of drug-likeness (QED) is 0.234. The summed E-state index contributed by atoms with van der Waals surface area (Å²) in [6, 6.07) is 9.16. The molecule has 0 bridgehead atoms. The molecule has 1 amide bonds. The zero-order chi connectivity index (χ0) is 24.0. The molecule has 0 aliphatic carbocycles. The van der Waals surface area contributed by atoms with Crippen LogP contribution in [0.1, 0.15) is 28.9 Å². The van der Waals surface area contributed by atoms with Gasteiger partial charge in [0, 0.05) is 13.1 Å². The van der Waals surface area contributed by atoms with Gasteiger partial charge in [-0.05, 0) is 36.8 Å². The van der Waals surface area contributed by atoms with Gasteiger partial charge in [-0.3, -0.25) is 10.2 Å². The lowest BCUT2D eigenvalue weighted by atomic mass is 10.0. The maximum absolute atomic E-state index is 13.4. The zero-order valence-electron chi connectivity index (χ0n) is 16.9. The number of halogens is 4. The van der Waals surface area contributed by atoms with Crippen LogP contribution < -0.4 is 15.4 Å². The second-order valence-electron chi connectivity index (χ2n) is 6.47. The average molecular weight is 486 g/mol. The maximum atomic E-state index is 13.4. The molecule has 1 atom stereocenters. The molecule has 11 heteroatoms. The summed E-state index contributed by atoms with van der Waals surface area (Å²) >= 11 is 11.8. The van der Waals surface area contributed by atoms with Gasteiger partial charge in [0.1, 0.15) is 17.0 Å². The van der Waals surface area contributed by atoms with Crippen molar-refractivity contribution in [2.45, 2.75) is 19.4 Å². The largest absolute Gasteiger partial charge is 0.478 e. The van der Waals surface area contributed by atoms with Crippen molar-refractivity contribution < 1.29 is 28.2 Å². The van der Waals surface area contributed by atoms with E-state index in [1.807, 2.05) is 0 Å². The van der Waals surface area contributed by atoms with Crippen molar-refractivity contribution in [1.82, 2.24) is 10.6 Å². The van der Waals surface area contributed by atoms with E-state index in [0.717, 1.165) is 0 Å². The first-order chi connectivity index (χ1) is 15.0. The summed E-state index contributed by atoms with van der Waals surface area (Å²) in [5.74, 6) is -2.38. The molecule has 2 aromatic rings. The lowest BCUT2D eigenvalue weighted by Crippen LogP contribution is -2.36. The van der Waals surface area contributed by atoms with Gasteiger partial charge in [-0.15, -0.1) is 0 Å². The smallest absolute Gasteiger partial charge is 0.335 e. The molecule has 2 rings (SSSR count). The molecule has 0 heterocycles. The first-order valence-electron chi connectivity index (χ1n) is 9.11. The van der Waals surface area contributed by atoms with Crippen molar-refractivity contribution in [2.24, 2.45) is 0 Å². The molecule has 0 aromatic heterocycles. The molecule has 0 fully saturated rings. The molecule has 0 aliphatic heterocycles. The van der Waals surface area contributed by atoms with Crippen molar-refractivity contribution in [3.63, 3.8) is 0 Å². The Balaban J connectivity index is 2.36. The fourth-order valence-corrected chi connectivity index (χ4v) is 2.90. The number of hydrogen-bond donors (Lipinski definition) is 4. The molecule has 0 spiro atoms. The summed E-state index contributed by atoms with van der Waals surface area (Å²) < 4.78 is 32.2. The normalized spacial score (nSPS) is 12.6. The molecule has 0 aliphatic rings. The van der Waals surface area contributed by atoms with E-state index >= 15 is 0 Å². The van der Waals surface area contributed by atoms with E-state index in [-0.39, 0.29) is 27.2 Å². The minimum absolute atomic E-state index is 0.0554. The Morgan fingerprint density at radius 3 is 2.22 bits per heavy atom. The Hall–Kier alpha value is -3.17. The van der Waals surface area contributed by atoms with Gasteiger partial charge in [0.25, 0.3) is 12.3 Å². The van der Waals surface area contributed by atoms with Crippen LogP contribution in [-0.2, 0) is 4.79 Å². The molecule has 32 heavy (non-hydrogen) atoms. The van der Waals surface area contributed by atoms with E-state index in [1.165, 1.54) is 49.5 Å². The lowest BCUT2D eigenvalue weighted by Gasteiger charge is -2.19. The van der Waals surface area contributed by atoms with E-state index in [4.69, 9.17) is 38.5 Å². The predicted molar refractivity (Wildman–Crippen MR) is 117 cm³/mol. The molecule has 170 valence electrons. The highest BCUT2D eigenvalue weighted by atomic mass is 35.5. The monoisotopic (exact) mass is 485 g/mol. The Bertz CT molecular complexity index is 1060. The highest BCUT2D eigenvalue weighted by molar-refractivity contribution is 6.42. The number of ether oxygens (including phenoxy) is 1. The van der Waals surface area contributed by atoms with Gasteiger partial charge < -0.3 is 20.5 Å². The molecule has 0 saturated carbocycles. The second kappa shape index (κ2) is 10.9. The molecular formula is C21H19Cl2F2N3O4. The van der Waals surface area contributed by atoms with Crippen molar-refractivity contribution in [1.29, 1.82) is 5.41 Å². The summed E-state index contributed by atoms with van der Waals surface area (Å²) in [5.41, 5.74) is -1.37. The van der Waals surface area contributed by atoms with Gasteiger partial charge in [0.05, 0.1) is 21.7 Å². The molecule has 0 radical (unpaired) electrons. The fourth-order valence-electron chi connectivity index (χ4n) is 2.61. The minimum atomic E-state index is -3.25. The summed E-state index contributed by atoms with van der Waals surface area (Å²) in [4.78, 5) is 23.8. The van der Waals surface area contributed by atoms with Crippen molar-refractivity contribution >= 4 is 40.8 Å². The number of benzene rings is 2. The summed E-state index contributed by atoms with van der Waals surface area (Å²) in [6.45, 7) is 1.58. The number of rotatable bonds is 9. The molecule has 7 nitrogen and oxygen atoms in total. The van der Waals surface area contributed by atoms with Crippen LogP contribution in [0.15, 0.2) is 53.9 Å². The number of carbonyl (C=O) groups excluding carboxylic acids is 1. The van der Waals surface area contributed by atoms with Crippen LogP contribution in [0.5, 0.6) is 5.75 Å².